The van der Waals surface area contributed by atoms with Gasteiger partial charge in [-0.1, -0.05) is 197 Å². The summed E-state index contributed by atoms with van der Waals surface area (Å²) in [7, 11) is 0. The van der Waals surface area contributed by atoms with Crippen LogP contribution in [-0.2, 0) is 32.5 Å². The van der Waals surface area contributed by atoms with Crippen LogP contribution < -0.4 is 14.5 Å². The summed E-state index contributed by atoms with van der Waals surface area (Å²) in [6.07, 6.45) is 1.94. The monoisotopic (exact) mass is 1120 g/mol. The first-order valence-electron chi connectivity index (χ1n) is 30.6. The Morgan fingerprint density at radius 1 is 0.424 bits per heavy atom. The zero-order valence-corrected chi connectivity index (χ0v) is 53.9. The van der Waals surface area contributed by atoms with E-state index in [1.807, 2.05) is 12.3 Å². The molecule has 0 saturated heterocycles. The SMILES string of the molecule is Cc1cc2c(c3ccc(Oc4cccc(N5CN(c6c(-c7cc(C(C)(C)C)cc(C(C)(C)C)c7)cc(C(C)(C)C)cc6-c6cc(C(C)(C)C)cc(C(C)(C)C)c6)c6ccccc65)c4)cc3n2-c2cc(C(C)(C)C)ccn2)c2oc3ccccc3c12. The Balaban J connectivity index is 1.02. The molecule has 0 radical (unpaired) electrons. The van der Waals surface area contributed by atoms with Gasteiger partial charge in [0.05, 0.1) is 33.5 Å². The molecule has 6 nitrogen and oxygen atoms in total. The summed E-state index contributed by atoms with van der Waals surface area (Å²) in [6.45, 7) is 44.7. The Bertz CT molecular complexity index is 4290. The lowest BCUT2D eigenvalue weighted by Crippen LogP contribution is -2.25. The molecule has 1 aliphatic rings. The molecule has 1 aliphatic heterocycles. The molecule has 0 amide bonds. The number of aryl methyl sites for hydroxylation is 1. The molecule has 3 aromatic heterocycles. The highest BCUT2D eigenvalue weighted by Gasteiger charge is 2.35. The van der Waals surface area contributed by atoms with Gasteiger partial charge in [-0.3, -0.25) is 4.57 Å². The van der Waals surface area contributed by atoms with E-state index in [2.05, 4.69) is 298 Å². The number of nitrogens with zero attached hydrogens (tertiary/aromatic N) is 4. The topological polar surface area (TPSA) is 46.7 Å². The van der Waals surface area contributed by atoms with E-state index in [-0.39, 0.29) is 32.5 Å². The lowest BCUT2D eigenvalue weighted by molar-refractivity contribution is 0.483. The number of ether oxygens (including phenoxy) is 1. The summed E-state index contributed by atoms with van der Waals surface area (Å²) < 4.78 is 16.2. The van der Waals surface area contributed by atoms with Crippen LogP contribution in [0.15, 0.2) is 168 Å². The van der Waals surface area contributed by atoms with Crippen molar-refractivity contribution in [3.05, 3.63) is 203 Å². The minimum absolute atomic E-state index is 0.0750. The fourth-order valence-electron chi connectivity index (χ4n) is 12.4. The summed E-state index contributed by atoms with van der Waals surface area (Å²) >= 11 is 0. The van der Waals surface area contributed by atoms with Gasteiger partial charge in [-0.05, 0) is 162 Å². The average Bonchev–Trinajstić information content (AvgIpc) is 1.64. The van der Waals surface area contributed by atoms with Gasteiger partial charge in [-0.15, -0.1) is 0 Å². The maximum absolute atomic E-state index is 7.07. The summed E-state index contributed by atoms with van der Waals surface area (Å²) in [5.41, 5.74) is 21.8. The van der Waals surface area contributed by atoms with E-state index in [0.29, 0.717) is 6.67 Å². The molecule has 4 heterocycles. The Kier molecular flexibility index (Phi) is 13.5. The van der Waals surface area contributed by atoms with Gasteiger partial charge in [0.1, 0.15) is 35.2 Å². The molecule has 0 aliphatic carbocycles. The first-order chi connectivity index (χ1) is 39.8. The number of hydrogen-bond acceptors (Lipinski definition) is 5. The molecule has 11 aromatic rings. The number of hydrogen-bond donors (Lipinski definition) is 0. The summed E-state index contributed by atoms with van der Waals surface area (Å²) in [4.78, 5) is 10.1. The molecule has 434 valence electrons. The van der Waals surface area contributed by atoms with E-state index in [1.165, 1.54) is 61.3 Å². The van der Waals surface area contributed by atoms with Crippen molar-refractivity contribution in [3.63, 3.8) is 0 Å². The fourth-order valence-corrected chi connectivity index (χ4v) is 12.4. The van der Waals surface area contributed by atoms with Crippen LogP contribution >= 0.6 is 0 Å². The van der Waals surface area contributed by atoms with E-state index < -0.39 is 0 Å². The molecular formula is C79H86N4O2. The molecule has 0 unspecified atom stereocenters. The van der Waals surface area contributed by atoms with Crippen molar-refractivity contribution in [3.8, 4) is 39.6 Å². The number of benzene rings is 8. The van der Waals surface area contributed by atoms with Crippen molar-refractivity contribution in [1.82, 2.24) is 9.55 Å². The molecule has 0 spiro atoms. The Hall–Kier alpha value is -8.09. The predicted molar refractivity (Wildman–Crippen MR) is 362 cm³/mol. The molecule has 0 N–H and O–H groups in total. The largest absolute Gasteiger partial charge is 0.457 e. The number of pyridine rings is 1. The third kappa shape index (κ3) is 10.5. The van der Waals surface area contributed by atoms with E-state index in [4.69, 9.17) is 14.1 Å². The average molecular weight is 1120 g/mol. The van der Waals surface area contributed by atoms with Crippen molar-refractivity contribution in [2.75, 3.05) is 16.5 Å². The number of para-hydroxylation sites is 3. The maximum Gasteiger partial charge on any atom is 0.145 e. The van der Waals surface area contributed by atoms with E-state index >= 15 is 0 Å². The molecule has 0 fully saturated rings. The molecule has 0 bridgehead atoms. The first kappa shape index (κ1) is 57.3. The molecular weight excluding hydrogens is 1040 g/mol. The van der Waals surface area contributed by atoms with Gasteiger partial charge in [0, 0.05) is 51.3 Å². The third-order valence-corrected chi connectivity index (χ3v) is 17.7. The molecule has 0 atom stereocenters. The van der Waals surface area contributed by atoms with E-state index in [9.17, 15) is 0 Å². The maximum atomic E-state index is 7.07. The summed E-state index contributed by atoms with van der Waals surface area (Å²) in [6, 6.07) is 58.9. The van der Waals surface area contributed by atoms with Crippen LogP contribution in [-0.4, -0.2) is 16.2 Å². The first-order valence-corrected chi connectivity index (χ1v) is 30.6. The van der Waals surface area contributed by atoms with Crippen LogP contribution in [0.3, 0.4) is 0 Å². The quantitative estimate of drug-likeness (QED) is 0.159. The lowest BCUT2D eigenvalue weighted by Gasteiger charge is -2.32. The Labute approximate surface area is 505 Å². The van der Waals surface area contributed by atoms with Crippen LogP contribution in [0.4, 0.5) is 22.7 Å². The Morgan fingerprint density at radius 2 is 0.941 bits per heavy atom. The van der Waals surface area contributed by atoms with E-state index in [1.54, 1.807) is 0 Å². The van der Waals surface area contributed by atoms with Crippen molar-refractivity contribution < 1.29 is 9.15 Å². The number of furan rings is 1. The molecule has 0 saturated carbocycles. The van der Waals surface area contributed by atoms with Crippen LogP contribution in [0.25, 0.3) is 71.8 Å². The second kappa shape index (κ2) is 20.0. The van der Waals surface area contributed by atoms with Gasteiger partial charge in [-0.25, -0.2) is 4.98 Å². The highest BCUT2D eigenvalue weighted by molar-refractivity contribution is 6.25. The highest BCUT2D eigenvalue weighted by Crippen LogP contribution is 2.53. The highest BCUT2D eigenvalue weighted by atomic mass is 16.5. The van der Waals surface area contributed by atoms with Crippen LogP contribution in [0.5, 0.6) is 11.5 Å². The van der Waals surface area contributed by atoms with Crippen molar-refractivity contribution in [2.45, 2.75) is 164 Å². The van der Waals surface area contributed by atoms with Gasteiger partial charge in [0.15, 0.2) is 0 Å². The third-order valence-electron chi connectivity index (χ3n) is 17.7. The Morgan fingerprint density at radius 3 is 1.51 bits per heavy atom. The minimum atomic E-state index is -0.143. The van der Waals surface area contributed by atoms with Crippen LogP contribution in [0.1, 0.15) is 164 Å². The zero-order valence-electron chi connectivity index (χ0n) is 53.9. The summed E-state index contributed by atoms with van der Waals surface area (Å²) in [5, 5.41) is 4.40. The number of rotatable bonds is 7. The van der Waals surface area contributed by atoms with Gasteiger partial charge >= 0.3 is 0 Å². The second-order valence-electron chi connectivity index (χ2n) is 30.4. The lowest BCUT2D eigenvalue weighted by atomic mass is 9.76. The molecule has 8 aromatic carbocycles. The predicted octanol–water partition coefficient (Wildman–Crippen LogP) is 22.5. The molecule has 12 rings (SSSR count). The van der Waals surface area contributed by atoms with Crippen molar-refractivity contribution >= 4 is 66.5 Å². The molecule has 6 heteroatoms. The second-order valence-corrected chi connectivity index (χ2v) is 30.4. The van der Waals surface area contributed by atoms with E-state index in [0.717, 1.165) is 83.7 Å². The number of fused-ring (bicyclic) bond motifs is 8. The van der Waals surface area contributed by atoms with Crippen molar-refractivity contribution in [1.29, 1.82) is 0 Å². The van der Waals surface area contributed by atoms with Crippen LogP contribution in [0.2, 0.25) is 0 Å². The van der Waals surface area contributed by atoms with Gasteiger partial charge in [0.25, 0.3) is 0 Å². The normalized spacial score (nSPS) is 13.7. The standard InChI is InChI=1S/C79H86N4O2/c1-48-35-67-71(73-70(48)61-27-20-23-30-68(61)85-73)60-32-31-59(46-66(60)83(67)69-44-51(33-34-80-69)74(2,3)4)84-58-26-24-25-57(45-58)81-47-82(65-29-22-21-28-64(65)81)72-62(49-36-52(75(5,6)7)40-53(37-49)76(8,9)10)42-56(79(17,18)19)43-63(72)50-38-54(77(11,12)13)41-55(39-50)78(14,15)16/h20-46H,47H2,1-19H3. The zero-order chi connectivity index (χ0) is 60.7. The van der Waals surface area contributed by atoms with Crippen molar-refractivity contribution in [2.24, 2.45) is 0 Å². The molecule has 85 heavy (non-hydrogen) atoms. The van der Waals surface area contributed by atoms with Gasteiger partial charge in [0.2, 0.25) is 0 Å². The fraction of sp³-hybridized carbons (Fsp3) is 0.329. The van der Waals surface area contributed by atoms with Gasteiger partial charge in [-0.2, -0.15) is 0 Å². The minimum Gasteiger partial charge on any atom is -0.457 e. The summed E-state index contributed by atoms with van der Waals surface area (Å²) in [5.74, 6) is 2.33. The van der Waals surface area contributed by atoms with Crippen LogP contribution in [0, 0.1) is 6.92 Å². The number of aromatic nitrogens is 2. The van der Waals surface area contributed by atoms with Gasteiger partial charge < -0.3 is 19.0 Å². The smallest absolute Gasteiger partial charge is 0.145 e. The number of anilines is 4.